The summed E-state index contributed by atoms with van der Waals surface area (Å²) in [4.78, 5) is 0. The second kappa shape index (κ2) is 6.93. The molecule has 2 N–H and O–H groups in total. The molecule has 0 aliphatic carbocycles. The van der Waals surface area contributed by atoms with Crippen LogP contribution in [-0.2, 0) is 5.60 Å². The van der Waals surface area contributed by atoms with E-state index in [2.05, 4.69) is 5.32 Å². The molecule has 0 spiro atoms. The van der Waals surface area contributed by atoms with Gasteiger partial charge in [0.25, 0.3) is 0 Å². The SMILES string of the molecule is CCNC(CC(Cl)(Cl)Cl)C(O)(CF)c1ccc2ccoc2c1. The first kappa shape index (κ1) is 17.8. The molecule has 0 saturated carbocycles. The van der Waals surface area contributed by atoms with Gasteiger partial charge < -0.3 is 14.8 Å². The molecule has 2 rings (SSSR count). The molecule has 0 fully saturated rings. The zero-order valence-electron chi connectivity index (χ0n) is 12.0. The Kier molecular flexibility index (Phi) is 5.62. The molecule has 1 aromatic carbocycles. The number of hydrogen-bond acceptors (Lipinski definition) is 3. The lowest BCUT2D eigenvalue weighted by Gasteiger charge is -2.36. The maximum atomic E-state index is 13.8. The molecule has 122 valence electrons. The minimum absolute atomic E-state index is 0.0396. The maximum absolute atomic E-state index is 13.8. The number of rotatable bonds is 6. The standard InChI is InChI=1S/C15H17Cl3FNO2/c1-2-20-13(8-15(16,17)18)14(21,9-19)11-4-3-10-5-6-22-12(10)7-11/h3-7,13,20-21H,2,8-9H2,1H3. The Morgan fingerprint density at radius 1 is 1.32 bits per heavy atom. The van der Waals surface area contributed by atoms with Crippen molar-refractivity contribution >= 4 is 45.8 Å². The number of fused-ring (bicyclic) bond motifs is 1. The largest absolute Gasteiger partial charge is 0.464 e. The third-order valence-electron chi connectivity index (χ3n) is 3.62. The Morgan fingerprint density at radius 2 is 2.05 bits per heavy atom. The lowest BCUT2D eigenvalue weighted by Crippen LogP contribution is -2.51. The Hall–Kier alpha value is -0.520. The van der Waals surface area contributed by atoms with Crippen molar-refractivity contribution in [3.05, 3.63) is 36.1 Å². The van der Waals surface area contributed by atoms with Crippen molar-refractivity contribution in [3.63, 3.8) is 0 Å². The molecule has 2 unspecified atom stereocenters. The average Bonchev–Trinajstić information content (AvgIpc) is 2.92. The van der Waals surface area contributed by atoms with Gasteiger partial charge in [0.15, 0.2) is 3.79 Å². The van der Waals surface area contributed by atoms with Crippen LogP contribution in [0, 0.1) is 0 Å². The molecular weight excluding hydrogens is 352 g/mol. The quantitative estimate of drug-likeness (QED) is 0.746. The maximum Gasteiger partial charge on any atom is 0.192 e. The molecule has 0 amide bonds. The topological polar surface area (TPSA) is 45.4 Å². The molecule has 0 saturated heterocycles. The summed E-state index contributed by atoms with van der Waals surface area (Å²) in [7, 11) is 0. The molecule has 7 heteroatoms. The van der Waals surface area contributed by atoms with Crippen LogP contribution in [0.25, 0.3) is 11.0 Å². The average molecular weight is 369 g/mol. The number of furan rings is 1. The fourth-order valence-electron chi connectivity index (χ4n) is 2.48. The van der Waals surface area contributed by atoms with Crippen molar-refractivity contribution in [2.45, 2.75) is 28.8 Å². The van der Waals surface area contributed by atoms with E-state index in [1.54, 1.807) is 24.3 Å². The monoisotopic (exact) mass is 367 g/mol. The Labute approximate surface area is 143 Å². The lowest BCUT2D eigenvalue weighted by molar-refractivity contribution is -0.0267. The lowest BCUT2D eigenvalue weighted by atomic mass is 9.85. The molecule has 22 heavy (non-hydrogen) atoms. The summed E-state index contributed by atoms with van der Waals surface area (Å²) in [6, 6.07) is 6.05. The highest BCUT2D eigenvalue weighted by molar-refractivity contribution is 6.67. The van der Waals surface area contributed by atoms with Crippen LogP contribution in [0.4, 0.5) is 4.39 Å². The molecule has 2 aromatic rings. The molecule has 0 aliphatic rings. The van der Waals surface area contributed by atoms with Gasteiger partial charge in [-0.3, -0.25) is 0 Å². The first-order valence-corrected chi connectivity index (χ1v) is 7.99. The summed E-state index contributed by atoms with van der Waals surface area (Å²) >= 11 is 17.5. The summed E-state index contributed by atoms with van der Waals surface area (Å²) in [6.07, 6.45) is 1.49. The Morgan fingerprint density at radius 3 is 2.64 bits per heavy atom. The molecule has 0 aliphatic heterocycles. The van der Waals surface area contributed by atoms with Gasteiger partial charge in [-0.25, -0.2) is 4.39 Å². The van der Waals surface area contributed by atoms with Crippen molar-refractivity contribution in [1.82, 2.24) is 5.32 Å². The van der Waals surface area contributed by atoms with Crippen LogP contribution >= 0.6 is 34.8 Å². The molecule has 1 aromatic heterocycles. The minimum atomic E-state index is -1.82. The van der Waals surface area contributed by atoms with Gasteiger partial charge in [0.05, 0.1) is 6.26 Å². The molecule has 2 atom stereocenters. The normalized spacial score (nSPS) is 16.6. The van der Waals surface area contributed by atoms with E-state index in [9.17, 15) is 9.50 Å². The van der Waals surface area contributed by atoms with Crippen molar-refractivity contribution in [1.29, 1.82) is 0 Å². The van der Waals surface area contributed by atoms with Crippen molar-refractivity contribution < 1.29 is 13.9 Å². The molecule has 0 radical (unpaired) electrons. The van der Waals surface area contributed by atoms with E-state index >= 15 is 0 Å². The van der Waals surface area contributed by atoms with E-state index in [1.165, 1.54) is 6.26 Å². The van der Waals surface area contributed by atoms with Gasteiger partial charge in [-0.15, -0.1) is 0 Å². The van der Waals surface area contributed by atoms with Gasteiger partial charge >= 0.3 is 0 Å². The number of alkyl halides is 4. The van der Waals surface area contributed by atoms with Crippen LogP contribution in [0.2, 0.25) is 0 Å². The summed E-state index contributed by atoms with van der Waals surface area (Å²) in [6.45, 7) is 1.31. The molecule has 3 nitrogen and oxygen atoms in total. The summed E-state index contributed by atoms with van der Waals surface area (Å²) in [5.41, 5.74) is -0.882. The number of likely N-dealkylation sites (N-methyl/N-ethyl adjacent to an activating group) is 1. The van der Waals surface area contributed by atoms with Crippen molar-refractivity contribution in [2.75, 3.05) is 13.2 Å². The highest BCUT2D eigenvalue weighted by Crippen LogP contribution is 2.38. The predicted octanol–water partition coefficient (Wildman–Crippen LogP) is 4.33. The van der Waals surface area contributed by atoms with Crippen LogP contribution in [-0.4, -0.2) is 28.2 Å². The summed E-state index contributed by atoms with van der Waals surface area (Å²) in [5.74, 6) is 0. The Bertz CT molecular complexity index is 629. The van der Waals surface area contributed by atoms with Crippen LogP contribution in [0.15, 0.2) is 34.9 Å². The number of nitrogens with one attached hydrogen (secondary N) is 1. The number of aliphatic hydroxyl groups is 1. The second-order valence-corrected chi connectivity index (χ2v) is 7.68. The third kappa shape index (κ3) is 3.87. The number of benzene rings is 1. The van der Waals surface area contributed by atoms with Gasteiger partial charge in [0.1, 0.15) is 17.9 Å². The van der Waals surface area contributed by atoms with Crippen LogP contribution in [0.1, 0.15) is 18.9 Å². The molecule has 1 heterocycles. The van der Waals surface area contributed by atoms with Crippen LogP contribution in [0.3, 0.4) is 0 Å². The summed E-state index contributed by atoms with van der Waals surface area (Å²) < 4.78 is 17.5. The zero-order chi connectivity index (χ0) is 16.4. The fraction of sp³-hybridized carbons (Fsp3) is 0.467. The van der Waals surface area contributed by atoms with Crippen LogP contribution < -0.4 is 5.32 Å². The van der Waals surface area contributed by atoms with E-state index in [4.69, 9.17) is 39.2 Å². The van der Waals surface area contributed by atoms with Crippen molar-refractivity contribution in [3.8, 4) is 0 Å². The highest BCUT2D eigenvalue weighted by atomic mass is 35.6. The minimum Gasteiger partial charge on any atom is -0.464 e. The first-order chi connectivity index (χ1) is 10.3. The highest BCUT2D eigenvalue weighted by Gasteiger charge is 2.42. The smallest absolute Gasteiger partial charge is 0.192 e. The van der Waals surface area contributed by atoms with Gasteiger partial charge in [0, 0.05) is 17.8 Å². The zero-order valence-corrected chi connectivity index (χ0v) is 14.2. The van der Waals surface area contributed by atoms with Gasteiger partial charge in [-0.1, -0.05) is 53.9 Å². The van der Waals surface area contributed by atoms with Gasteiger partial charge in [-0.2, -0.15) is 0 Å². The van der Waals surface area contributed by atoms with Gasteiger partial charge in [-0.05, 0) is 24.2 Å². The summed E-state index contributed by atoms with van der Waals surface area (Å²) in [5, 5.41) is 14.8. The van der Waals surface area contributed by atoms with E-state index in [-0.39, 0.29) is 6.42 Å². The number of halogens is 4. The Balaban J connectivity index is 2.42. The first-order valence-electron chi connectivity index (χ1n) is 6.86. The third-order valence-corrected chi connectivity index (χ3v) is 4.09. The number of hydrogen-bond donors (Lipinski definition) is 2. The van der Waals surface area contributed by atoms with E-state index in [0.717, 1.165) is 5.39 Å². The van der Waals surface area contributed by atoms with Crippen molar-refractivity contribution in [2.24, 2.45) is 0 Å². The molecular formula is C15H17Cl3FNO2. The van der Waals surface area contributed by atoms with Crippen LogP contribution in [0.5, 0.6) is 0 Å². The fourth-order valence-corrected chi connectivity index (χ4v) is 2.95. The second-order valence-electron chi connectivity index (χ2n) is 5.16. The van der Waals surface area contributed by atoms with E-state index in [1.807, 2.05) is 6.92 Å². The van der Waals surface area contributed by atoms with Gasteiger partial charge in [0.2, 0.25) is 0 Å². The molecule has 0 bridgehead atoms. The van der Waals surface area contributed by atoms with E-state index < -0.39 is 22.1 Å². The van der Waals surface area contributed by atoms with E-state index in [0.29, 0.717) is 17.7 Å². The predicted molar refractivity (Wildman–Crippen MR) is 88.5 cm³/mol.